The highest BCUT2D eigenvalue weighted by Crippen LogP contribution is 2.72. The Hall–Kier alpha value is -2.14. The van der Waals surface area contributed by atoms with Gasteiger partial charge in [0.25, 0.3) is 0 Å². The third-order valence-electron chi connectivity index (χ3n) is 8.65. The zero-order chi connectivity index (χ0) is 19.7. The van der Waals surface area contributed by atoms with E-state index in [0.717, 1.165) is 41.8 Å². The highest BCUT2D eigenvalue weighted by atomic mass is 16.3. The number of aromatic amines is 1. The van der Waals surface area contributed by atoms with Gasteiger partial charge >= 0.3 is 0 Å². The number of carbonyl (C=O) groups excluding carboxylic acids is 1. The molecule has 28 heavy (non-hydrogen) atoms. The number of aromatic nitrogens is 2. The monoisotopic (exact) mass is 379 g/mol. The molecule has 2 saturated carbocycles. The van der Waals surface area contributed by atoms with Gasteiger partial charge in [0.15, 0.2) is 0 Å². The first-order valence-corrected chi connectivity index (χ1v) is 10.4. The van der Waals surface area contributed by atoms with Crippen LogP contribution in [0.25, 0.3) is 11.3 Å². The number of aliphatic hydroxyl groups excluding tert-OH is 1. The summed E-state index contributed by atoms with van der Waals surface area (Å²) in [5.74, 6) is 0.226. The van der Waals surface area contributed by atoms with E-state index in [9.17, 15) is 9.90 Å². The highest BCUT2D eigenvalue weighted by Gasteiger charge is 2.72. The summed E-state index contributed by atoms with van der Waals surface area (Å²) in [4.78, 5) is 15.9. The van der Waals surface area contributed by atoms with Gasteiger partial charge < -0.3 is 10.0 Å². The highest BCUT2D eigenvalue weighted by molar-refractivity contribution is 5.85. The summed E-state index contributed by atoms with van der Waals surface area (Å²) in [5, 5.41) is 18.5. The van der Waals surface area contributed by atoms with E-state index in [2.05, 4.69) is 43.1 Å². The van der Waals surface area contributed by atoms with Crippen molar-refractivity contribution < 1.29 is 9.90 Å². The second kappa shape index (κ2) is 5.69. The van der Waals surface area contributed by atoms with Crippen LogP contribution < -0.4 is 0 Å². The van der Waals surface area contributed by atoms with Crippen LogP contribution in [0.5, 0.6) is 0 Å². The van der Waals surface area contributed by atoms with Crippen molar-refractivity contribution in [1.82, 2.24) is 15.1 Å². The number of H-pyrrole nitrogens is 1. The first-order chi connectivity index (χ1) is 13.3. The molecule has 0 spiro atoms. The molecule has 3 atom stereocenters. The normalized spacial score (nSPS) is 33.1. The fraction of sp³-hybridized carbons (Fsp3) is 0.565. The molecule has 148 valence electrons. The molecule has 2 bridgehead atoms. The van der Waals surface area contributed by atoms with Crippen molar-refractivity contribution in [1.29, 1.82) is 0 Å². The number of rotatable bonds is 2. The van der Waals surface area contributed by atoms with Crippen molar-refractivity contribution in [3.63, 3.8) is 0 Å². The second-order valence-corrected chi connectivity index (χ2v) is 9.72. The Kier molecular flexibility index (Phi) is 3.64. The molecule has 0 radical (unpaired) electrons. The Morgan fingerprint density at radius 3 is 2.61 bits per heavy atom. The Labute approximate surface area is 166 Å². The van der Waals surface area contributed by atoms with Crippen LogP contribution in [0.4, 0.5) is 0 Å². The van der Waals surface area contributed by atoms with Gasteiger partial charge in [-0.3, -0.25) is 9.89 Å². The molecule has 1 aromatic heterocycles. The Morgan fingerprint density at radius 2 is 1.96 bits per heavy atom. The SMILES string of the molecule is CC1(C)[C@@]2(C(=O)N3CCc4[nH]nc(-c5ccccc5)c4C3)CC[C@]1(C)[C@@H](O)C2. The summed E-state index contributed by atoms with van der Waals surface area (Å²) < 4.78 is 0. The van der Waals surface area contributed by atoms with Gasteiger partial charge in [-0.15, -0.1) is 0 Å². The summed E-state index contributed by atoms with van der Waals surface area (Å²) in [6, 6.07) is 10.2. The number of benzene rings is 1. The largest absolute Gasteiger partial charge is 0.393 e. The van der Waals surface area contributed by atoms with Crippen LogP contribution in [0.3, 0.4) is 0 Å². The first kappa shape index (κ1) is 17.9. The summed E-state index contributed by atoms with van der Waals surface area (Å²) in [7, 11) is 0. The fourth-order valence-electron chi connectivity index (χ4n) is 6.21. The van der Waals surface area contributed by atoms with Gasteiger partial charge in [-0.05, 0) is 30.1 Å². The molecular weight excluding hydrogens is 350 g/mol. The van der Waals surface area contributed by atoms with Crippen LogP contribution in [0.15, 0.2) is 30.3 Å². The van der Waals surface area contributed by atoms with Gasteiger partial charge in [-0.2, -0.15) is 5.10 Å². The predicted molar refractivity (Wildman–Crippen MR) is 107 cm³/mol. The first-order valence-electron chi connectivity index (χ1n) is 10.4. The second-order valence-electron chi connectivity index (χ2n) is 9.72. The molecule has 2 N–H and O–H groups in total. The van der Waals surface area contributed by atoms with Crippen molar-refractivity contribution >= 4 is 5.91 Å². The van der Waals surface area contributed by atoms with E-state index < -0.39 is 11.5 Å². The van der Waals surface area contributed by atoms with Crippen LogP contribution in [-0.2, 0) is 17.8 Å². The van der Waals surface area contributed by atoms with E-state index in [-0.39, 0.29) is 16.7 Å². The van der Waals surface area contributed by atoms with Crippen LogP contribution in [0, 0.1) is 16.2 Å². The average molecular weight is 380 g/mol. The lowest BCUT2D eigenvalue weighted by atomic mass is 9.64. The third kappa shape index (κ3) is 2.06. The molecule has 5 nitrogen and oxygen atoms in total. The van der Waals surface area contributed by atoms with Gasteiger partial charge in [0, 0.05) is 36.3 Å². The van der Waals surface area contributed by atoms with Crippen molar-refractivity contribution in [2.24, 2.45) is 16.2 Å². The summed E-state index contributed by atoms with van der Waals surface area (Å²) in [6.45, 7) is 7.86. The van der Waals surface area contributed by atoms with E-state index in [4.69, 9.17) is 0 Å². The molecule has 1 aromatic carbocycles. The predicted octanol–water partition coefficient (Wildman–Crippen LogP) is 3.54. The van der Waals surface area contributed by atoms with Gasteiger partial charge in [0.2, 0.25) is 5.91 Å². The number of amides is 1. The molecule has 3 aliphatic rings. The van der Waals surface area contributed by atoms with Crippen molar-refractivity contribution in [3.8, 4) is 11.3 Å². The van der Waals surface area contributed by atoms with E-state index in [0.29, 0.717) is 19.5 Å². The maximum absolute atomic E-state index is 13.8. The molecule has 0 saturated heterocycles. The molecule has 0 unspecified atom stereocenters. The number of hydrogen-bond donors (Lipinski definition) is 2. The molecule has 5 heteroatoms. The topological polar surface area (TPSA) is 69.2 Å². The molecule has 1 aliphatic heterocycles. The zero-order valence-electron chi connectivity index (χ0n) is 17.0. The number of carbonyl (C=O) groups is 1. The third-order valence-corrected chi connectivity index (χ3v) is 8.65. The van der Waals surface area contributed by atoms with E-state index in [1.807, 2.05) is 23.1 Å². The number of nitrogens with one attached hydrogen (secondary N) is 1. The Bertz CT molecular complexity index is 935. The van der Waals surface area contributed by atoms with E-state index >= 15 is 0 Å². The van der Waals surface area contributed by atoms with Gasteiger partial charge in [-0.25, -0.2) is 0 Å². The Morgan fingerprint density at radius 1 is 1.21 bits per heavy atom. The van der Waals surface area contributed by atoms with E-state index in [1.54, 1.807) is 0 Å². The number of hydrogen-bond acceptors (Lipinski definition) is 3. The molecule has 2 aliphatic carbocycles. The molecule has 2 fully saturated rings. The smallest absolute Gasteiger partial charge is 0.229 e. The van der Waals surface area contributed by atoms with Gasteiger partial charge in [0.1, 0.15) is 0 Å². The summed E-state index contributed by atoms with van der Waals surface area (Å²) in [5.41, 5.74) is 3.49. The minimum absolute atomic E-state index is 0.172. The average Bonchev–Trinajstić information content (AvgIpc) is 3.25. The lowest BCUT2D eigenvalue weighted by Gasteiger charge is -2.43. The van der Waals surface area contributed by atoms with Gasteiger partial charge in [-0.1, -0.05) is 51.1 Å². The molecule has 2 heterocycles. The lowest BCUT2D eigenvalue weighted by Crippen LogP contribution is -2.50. The van der Waals surface area contributed by atoms with Crippen molar-refractivity contribution in [2.45, 2.75) is 59.1 Å². The van der Waals surface area contributed by atoms with Crippen molar-refractivity contribution in [3.05, 3.63) is 41.6 Å². The molecule has 5 rings (SSSR count). The summed E-state index contributed by atoms with van der Waals surface area (Å²) in [6.07, 6.45) is 2.81. The lowest BCUT2D eigenvalue weighted by molar-refractivity contribution is -0.148. The number of aliphatic hydroxyl groups is 1. The quantitative estimate of drug-likeness (QED) is 0.839. The van der Waals surface area contributed by atoms with Crippen LogP contribution in [0.2, 0.25) is 0 Å². The summed E-state index contributed by atoms with van der Waals surface area (Å²) >= 11 is 0. The maximum Gasteiger partial charge on any atom is 0.229 e. The van der Waals surface area contributed by atoms with Crippen LogP contribution in [-0.4, -0.2) is 38.8 Å². The Balaban J connectivity index is 1.48. The molecule has 2 aromatic rings. The minimum atomic E-state index is -0.449. The van der Waals surface area contributed by atoms with E-state index in [1.165, 1.54) is 0 Å². The fourth-order valence-corrected chi connectivity index (χ4v) is 6.21. The van der Waals surface area contributed by atoms with Crippen LogP contribution in [0.1, 0.15) is 51.3 Å². The van der Waals surface area contributed by atoms with Crippen LogP contribution >= 0.6 is 0 Å². The molecular formula is C23H29N3O2. The van der Waals surface area contributed by atoms with Gasteiger partial charge in [0.05, 0.1) is 17.2 Å². The number of fused-ring (bicyclic) bond motifs is 3. The van der Waals surface area contributed by atoms with Crippen molar-refractivity contribution in [2.75, 3.05) is 6.54 Å². The minimum Gasteiger partial charge on any atom is -0.393 e. The zero-order valence-corrected chi connectivity index (χ0v) is 17.0. The molecule has 1 amide bonds. The maximum atomic E-state index is 13.8. The standard InChI is InChI=1S/C23H29N3O2/c1-21(2)22(3)10-11-23(21,13-18(22)27)20(28)26-12-9-17-16(14-26)19(25-24-17)15-7-5-4-6-8-15/h4-8,18,27H,9-14H2,1-3H3,(H,24,25)/t18-,22+,23-/m0/s1. The number of nitrogens with zero attached hydrogens (tertiary/aromatic N) is 2.